The lowest BCUT2D eigenvalue weighted by atomic mass is 10.0. The predicted octanol–water partition coefficient (Wildman–Crippen LogP) is 5.36. The van der Waals surface area contributed by atoms with Gasteiger partial charge in [-0.2, -0.15) is 0 Å². The summed E-state index contributed by atoms with van der Waals surface area (Å²) < 4.78 is 0. The highest BCUT2D eigenvalue weighted by Gasteiger charge is 2.31. The highest BCUT2D eigenvalue weighted by Crippen LogP contribution is 2.25. The predicted molar refractivity (Wildman–Crippen MR) is 139 cm³/mol. The van der Waals surface area contributed by atoms with Crippen molar-refractivity contribution in [3.05, 3.63) is 144 Å². The molecule has 4 nitrogen and oxygen atoms in total. The van der Waals surface area contributed by atoms with E-state index in [2.05, 4.69) is 5.32 Å². The van der Waals surface area contributed by atoms with Gasteiger partial charge in [-0.3, -0.25) is 9.59 Å². The number of amides is 2. The van der Waals surface area contributed by atoms with Crippen LogP contribution in [0.25, 0.3) is 0 Å². The van der Waals surface area contributed by atoms with Gasteiger partial charge in [0.1, 0.15) is 6.04 Å². The quantitative estimate of drug-likeness (QED) is 0.345. The van der Waals surface area contributed by atoms with E-state index in [0.717, 1.165) is 28.7 Å². The molecule has 0 bridgehead atoms. The molecular formula is C31H30N2O2. The minimum absolute atomic E-state index is 0.0906. The lowest BCUT2D eigenvalue weighted by molar-refractivity contribution is -0.141. The fourth-order valence-electron chi connectivity index (χ4n) is 4.16. The molecule has 2 amide bonds. The average Bonchev–Trinajstić information content (AvgIpc) is 2.91. The minimum atomic E-state index is -0.733. The topological polar surface area (TPSA) is 49.4 Å². The van der Waals surface area contributed by atoms with E-state index in [4.69, 9.17) is 0 Å². The number of nitrogens with one attached hydrogen (secondary N) is 1. The van der Waals surface area contributed by atoms with Crippen LogP contribution in [-0.2, 0) is 29.0 Å². The van der Waals surface area contributed by atoms with E-state index in [1.807, 2.05) is 121 Å². The number of rotatable bonds is 10. The SMILES string of the molecule is O=C(NCCc1ccccc1)[C@H](c1ccccc1)N(Cc1ccccc1)C(=O)Cc1ccccc1. The number of benzene rings is 4. The van der Waals surface area contributed by atoms with Crippen LogP contribution in [0.1, 0.15) is 28.3 Å². The Hall–Kier alpha value is -4.18. The molecule has 4 heteroatoms. The molecule has 0 saturated carbocycles. The maximum Gasteiger partial charge on any atom is 0.247 e. The Bertz CT molecular complexity index is 1200. The van der Waals surface area contributed by atoms with Gasteiger partial charge in [0, 0.05) is 13.1 Å². The number of carbonyl (C=O) groups excluding carboxylic acids is 2. The number of nitrogens with zero attached hydrogens (tertiary/aromatic N) is 1. The fourth-order valence-corrected chi connectivity index (χ4v) is 4.16. The first kappa shape index (κ1) is 24.0. The van der Waals surface area contributed by atoms with Crippen molar-refractivity contribution >= 4 is 11.8 Å². The minimum Gasteiger partial charge on any atom is -0.354 e. The van der Waals surface area contributed by atoms with Crippen LogP contribution in [-0.4, -0.2) is 23.3 Å². The fraction of sp³-hybridized carbons (Fsp3) is 0.161. The van der Waals surface area contributed by atoms with Gasteiger partial charge in [0.25, 0.3) is 0 Å². The average molecular weight is 463 g/mol. The van der Waals surface area contributed by atoms with Crippen LogP contribution in [0.5, 0.6) is 0 Å². The van der Waals surface area contributed by atoms with Crippen molar-refractivity contribution < 1.29 is 9.59 Å². The summed E-state index contributed by atoms with van der Waals surface area (Å²) in [5.41, 5.74) is 3.85. The molecule has 4 rings (SSSR count). The van der Waals surface area contributed by atoms with Crippen LogP contribution in [0, 0.1) is 0 Å². The largest absolute Gasteiger partial charge is 0.354 e. The third-order valence-electron chi connectivity index (χ3n) is 5.95. The Balaban J connectivity index is 1.60. The Labute approximate surface area is 207 Å². The van der Waals surface area contributed by atoms with E-state index in [9.17, 15) is 9.59 Å². The van der Waals surface area contributed by atoms with E-state index in [1.54, 1.807) is 4.90 Å². The van der Waals surface area contributed by atoms with Gasteiger partial charge in [-0.15, -0.1) is 0 Å². The standard InChI is InChI=1S/C31H30N2O2/c34-29(23-26-15-7-2-8-16-26)33(24-27-17-9-3-10-18-27)30(28-19-11-4-12-20-28)31(35)32-22-21-25-13-5-1-6-14-25/h1-20,30H,21-24H2,(H,32,35)/t30-/m0/s1. The van der Waals surface area contributed by atoms with Crippen LogP contribution in [0.4, 0.5) is 0 Å². The maximum absolute atomic E-state index is 13.7. The zero-order valence-electron chi connectivity index (χ0n) is 19.7. The molecule has 0 heterocycles. The van der Waals surface area contributed by atoms with Gasteiger partial charge < -0.3 is 10.2 Å². The highest BCUT2D eigenvalue weighted by molar-refractivity contribution is 5.89. The van der Waals surface area contributed by atoms with Crippen molar-refractivity contribution in [3.8, 4) is 0 Å². The summed E-state index contributed by atoms with van der Waals surface area (Å²) in [7, 11) is 0. The summed E-state index contributed by atoms with van der Waals surface area (Å²) in [6.07, 6.45) is 0.957. The van der Waals surface area contributed by atoms with E-state index in [1.165, 1.54) is 0 Å². The second kappa shape index (κ2) is 12.3. The zero-order chi connectivity index (χ0) is 24.3. The third kappa shape index (κ3) is 6.90. The second-order valence-corrected chi connectivity index (χ2v) is 8.51. The molecule has 0 spiro atoms. The first-order chi connectivity index (χ1) is 17.2. The first-order valence-corrected chi connectivity index (χ1v) is 11.9. The Morgan fingerprint density at radius 3 is 1.69 bits per heavy atom. The second-order valence-electron chi connectivity index (χ2n) is 8.51. The molecule has 4 aromatic carbocycles. The van der Waals surface area contributed by atoms with Gasteiger partial charge in [-0.25, -0.2) is 0 Å². The van der Waals surface area contributed by atoms with E-state index < -0.39 is 6.04 Å². The van der Waals surface area contributed by atoms with Crippen molar-refractivity contribution in [2.45, 2.75) is 25.4 Å². The van der Waals surface area contributed by atoms with Gasteiger partial charge in [-0.1, -0.05) is 121 Å². The maximum atomic E-state index is 13.7. The van der Waals surface area contributed by atoms with Crippen molar-refractivity contribution in [1.82, 2.24) is 10.2 Å². The number of hydrogen-bond donors (Lipinski definition) is 1. The van der Waals surface area contributed by atoms with Gasteiger partial charge in [-0.05, 0) is 28.7 Å². The summed E-state index contributed by atoms with van der Waals surface area (Å²) in [5.74, 6) is -0.267. The molecule has 0 aromatic heterocycles. The van der Waals surface area contributed by atoms with E-state index in [-0.39, 0.29) is 18.2 Å². The molecule has 1 N–H and O–H groups in total. The molecule has 4 aromatic rings. The summed E-state index contributed by atoms with van der Waals surface area (Å²) >= 11 is 0. The molecule has 0 aliphatic carbocycles. The zero-order valence-corrected chi connectivity index (χ0v) is 19.7. The van der Waals surface area contributed by atoms with Crippen LogP contribution < -0.4 is 5.32 Å². The molecule has 0 saturated heterocycles. The third-order valence-corrected chi connectivity index (χ3v) is 5.95. The number of carbonyl (C=O) groups is 2. The van der Waals surface area contributed by atoms with E-state index in [0.29, 0.717) is 13.1 Å². The molecule has 0 aliphatic rings. The summed E-state index contributed by atoms with van der Waals surface area (Å²) in [6, 6.07) is 38.4. The molecule has 35 heavy (non-hydrogen) atoms. The van der Waals surface area contributed by atoms with Crippen molar-refractivity contribution in [2.75, 3.05) is 6.54 Å². The molecule has 0 radical (unpaired) electrons. The molecule has 0 unspecified atom stereocenters. The lowest BCUT2D eigenvalue weighted by Crippen LogP contribution is -2.44. The van der Waals surface area contributed by atoms with Crippen LogP contribution in [0.2, 0.25) is 0 Å². The van der Waals surface area contributed by atoms with Crippen LogP contribution in [0.3, 0.4) is 0 Å². The summed E-state index contributed by atoms with van der Waals surface area (Å²) in [6.45, 7) is 0.844. The molecule has 1 atom stereocenters. The molecule has 0 aliphatic heterocycles. The Morgan fingerprint density at radius 2 is 1.11 bits per heavy atom. The van der Waals surface area contributed by atoms with Gasteiger partial charge in [0.15, 0.2) is 0 Å². The summed E-state index contributed by atoms with van der Waals surface area (Å²) in [5, 5.41) is 3.08. The number of hydrogen-bond acceptors (Lipinski definition) is 2. The van der Waals surface area contributed by atoms with E-state index >= 15 is 0 Å². The van der Waals surface area contributed by atoms with Gasteiger partial charge in [0.05, 0.1) is 6.42 Å². The summed E-state index contributed by atoms with van der Waals surface area (Å²) in [4.78, 5) is 29.0. The van der Waals surface area contributed by atoms with Crippen molar-refractivity contribution in [1.29, 1.82) is 0 Å². The van der Waals surface area contributed by atoms with Gasteiger partial charge in [0.2, 0.25) is 11.8 Å². The molecule has 0 fully saturated rings. The molecular weight excluding hydrogens is 432 g/mol. The van der Waals surface area contributed by atoms with Crippen LogP contribution >= 0.6 is 0 Å². The van der Waals surface area contributed by atoms with Crippen molar-refractivity contribution in [2.24, 2.45) is 0 Å². The van der Waals surface area contributed by atoms with Gasteiger partial charge >= 0.3 is 0 Å². The lowest BCUT2D eigenvalue weighted by Gasteiger charge is -2.32. The van der Waals surface area contributed by atoms with Crippen LogP contribution in [0.15, 0.2) is 121 Å². The monoisotopic (exact) mass is 462 g/mol. The highest BCUT2D eigenvalue weighted by atomic mass is 16.2. The Morgan fingerprint density at radius 1 is 0.629 bits per heavy atom. The smallest absolute Gasteiger partial charge is 0.247 e. The first-order valence-electron chi connectivity index (χ1n) is 11.9. The normalized spacial score (nSPS) is 11.4. The van der Waals surface area contributed by atoms with Crippen molar-refractivity contribution in [3.63, 3.8) is 0 Å². The Kier molecular flexibility index (Phi) is 8.44. The molecule has 176 valence electrons.